The Morgan fingerprint density at radius 1 is 1.35 bits per heavy atom. The average molecular weight is 280 g/mol. The minimum absolute atomic E-state index is 0.124. The highest BCUT2D eigenvalue weighted by atomic mass is 16.5. The van der Waals surface area contributed by atoms with Gasteiger partial charge in [0.25, 0.3) is 0 Å². The fraction of sp³-hybridized carbons (Fsp3) is 0.533. The summed E-state index contributed by atoms with van der Waals surface area (Å²) in [5.41, 5.74) is 6.76. The van der Waals surface area contributed by atoms with Gasteiger partial charge < -0.3 is 20.5 Å². The van der Waals surface area contributed by atoms with E-state index in [4.69, 9.17) is 15.2 Å². The predicted molar refractivity (Wildman–Crippen MR) is 78.5 cm³/mol. The zero-order chi connectivity index (χ0) is 15.0. The lowest BCUT2D eigenvalue weighted by Gasteiger charge is -2.15. The summed E-state index contributed by atoms with van der Waals surface area (Å²) in [5.74, 6) is 0.756. The molecule has 0 aromatic heterocycles. The summed E-state index contributed by atoms with van der Waals surface area (Å²) in [4.78, 5) is 11.8. The van der Waals surface area contributed by atoms with Crippen LogP contribution < -0.4 is 15.8 Å². The molecule has 1 atom stereocenters. The van der Waals surface area contributed by atoms with Crippen LogP contribution in [-0.2, 0) is 16.1 Å². The highest BCUT2D eigenvalue weighted by molar-refractivity contribution is 5.81. The fourth-order valence-electron chi connectivity index (χ4n) is 1.60. The van der Waals surface area contributed by atoms with Crippen molar-refractivity contribution in [1.82, 2.24) is 5.32 Å². The number of carbonyl (C=O) groups is 1. The van der Waals surface area contributed by atoms with Gasteiger partial charge in [-0.2, -0.15) is 0 Å². The first-order valence-corrected chi connectivity index (χ1v) is 6.78. The largest absolute Gasteiger partial charge is 0.491 e. The first-order valence-electron chi connectivity index (χ1n) is 6.78. The summed E-state index contributed by atoms with van der Waals surface area (Å²) in [7, 11) is 1.63. The molecule has 0 bridgehead atoms. The standard InChI is InChI=1S/C15H24N2O3/c1-11(2)14(16)15(18)17-10-12-5-4-6-13(9-12)20-8-7-19-3/h4-6,9,11,14H,7-8,10,16H2,1-3H3,(H,17,18)/t14-/m0/s1. The first-order chi connectivity index (χ1) is 9.54. The molecule has 20 heavy (non-hydrogen) atoms. The normalized spacial score (nSPS) is 12.2. The van der Waals surface area contributed by atoms with Gasteiger partial charge in [-0.1, -0.05) is 26.0 Å². The van der Waals surface area contributed by atoms with Crippen molar-refractivity contribution >= 4 is 5.91 Å². The van der Waals surface area contributed by atoms with Gasteiger partial charge in [-0.25, -0.2) is 0 Å². The summed E-state index contributed by atoms with van der Waals surface area (Å²) in [6.07, 6.45) is 0. The number of methoxy groups -OCH3 is 1. The van der Waals surface area contributed by atoms with Crippen LogP contribution in [0.25, 0.3) is 0 Å². The van der Waals surface area contributed by atoms with Crippen LogP contribution in [0.3, 0.4) is 0 Å². The molecular weight excluding hydrogens is 256 g/mol. The molecule has 5 nitrogen and oxygen atoms in total. The van der Waals surface area contributed by atoms with Crippen LogP contribution in [0.5, 0.6) is 5.75 Å². The summed E-state index contributed by atoms with van der Waals surface area (Å²) >= 11 is 0. The quantitative estimate of drug-likeness (QED) is 0.704. The van der Waals surface area contributed by atoms with Gasteiger partial charge in [0.15, 0.2) is 0 Å². The highest BCUT2D eigenvalue weighted by Gasteiger charge is 2.16. The molecule has 0 saturated carbocycles. The summed E-state index contributed by atoms with van der Waals surface area (Å²) < 4.78 is 10.4. The highest BCUT2D eigenvalue weighted by Crippen LogP contribution is 2.13. The molecule has 1 rings (SSSR count). The minimum atomic E-state index is -0.476. The Morgan fingerprint density at radius 3 is 2.75 bits per heavy atom. The molecule has 0 saturated heterocycles. The second kappa shape index (κ2) is 8.55. The van der Waals surface area contributed by atoms with Gasteiger partial charge >= 0.3 is 0 Å². The monoisotopic (exact) mass is 280 g/mol. The van der Waals surface area contributed by atoms with Crippen LogP contribution in [0, 0.1) is 5.92 Å². The third kappa shape index (κ3) is 5.59. The Labute approximate surface area is 120 Å². The minimum Gasteiger partial charge on any atom is -0.491 e. The molecule has 1 aromatic carbocycles. The number of ether oxygens (including phenoxy) is 2. The fourth-order valence-corrected chi connectivity index (χ4v) is 1.60. The zero-order valence-corrected chi connectivity index (χ0v) is 12.4. The Balaban J connectivity index is 2.47. The maximum absolute atomic E-state index is 11.8. The van der Waals surface area contributed by atoms with Gasteiger partial charge in [-0.3, -0.25) is 4.79 Å². The number of rotatable bonds is 8. The molecule has 1 amide bonds. The maximum Gasteiger partial charge on any atom is 0.237 e. The maximum atomic E-state index is 11.8. The Hall–Kier alpha value is -1.59. The molecule has 3 N–H and O–H groups in total. The third-order valence-corrected chi connectivity index (χ3v) is 2.94. The van der Waals surface area contributed by atoms with E-state index in [1.807, 2.05) is 38.1 Å². The molecule has 112 valence electrons. The number of benzene rings is 1. The van der Waals surface area contributed by atoms with E-state index in [2.05, 4.69) is 5.32 Å². The SMILES string of the molecule is COCCOc1cccc(CNC(=O)[C@@H](N)C(C)C)c1. The van der Waals surface area contributed by atoms with Crippen molar-refractivity contribution in [3.63, 3.8) is 0 Å². The Bertz CT molecular complexity index is 421. The number of carbonyl (C=O) groups excluding carboxylic acids is 1. The lowest BCUT2D eigenvalue weighted by Crippen LogP contribution is -2.43. The van der Waals surface area contributed by atoms with E-state index in [0.717, 1.165) is 11.3 Å². The molecule has 0 unspecified atom stereocenters. The van der Waals surface area contributed by atoms with E-state index in [1.54, 1.807) is 7.11 Å². The smallest absolute Gasteiger partial charge is 0.237 e. The van der Waals surface area contributed by atoms with Crippen LogP contribution in [0.4, 0.5) is 0 Å². The molecule has 0 fully saturated rings. The number of hydrogen-bond donors (Lipinski definition) is 2. The van der Waals surface area contributed by atoms with Crippen LogP contribution in [0.1, 0.15) is 19.4 Å². The van der Waals surface area contributed by atoms with Gasteiger partial charge in [0, 0.05) is 13.7 Å². The van der Waals surface area contributed by atoms with Gasteiger partial charge in [0.1, 0.15) is 12.4 Å². The zero-order valence-electron chi connectivity index (χ0n) is 12.4. The summed E-state index contributed by atoms with van der Waals surface area (Å²) in [5, 5.41) is 2.83. The van der Waals surface area contributed by atoms with Crippen molar-refractivity contribution in [2.24, 2.45) is 11.7 Å². The van der Waals surface area contributed by atoms with E-state index < -0.39 is 6.04 Å². The van der Waals surface area contributed by atoms with Crippen LogP contribution >= 0.6 is 0 Å². The van der Waals surface area contributed by atoms with E-state index in [9.17, 15) is 4.79 Å². The Morgan fingerprint density at radius 2 is 2.10 bits per heavy atom. The molecule has 0 aliphatic heterocycles. The van der Waals surface area contributed by atoms with Crippen molar-refractivity contribution in [2.75, 3.05) is 20.3 Å². The van der Waals surface area contributed by atoms with E-state index in [-0.39, 0.29) is 11.8 Å². The number of nitrogens with two attached hydrogens (primary N) is 1. The van der Waals surface area contributed by atoms with Gasteiger partial charge in [-0.15, -0.1) is 0 Å². The molecule has 0 radical (unpaired) electrons. The van der Waals surface area contributed by atoms with Crippen molar-refractivity contribution in [2.45, 2.75) is 26.4 Å². The third-order valence-electron chi connectivity index (χ3n) is 2.94. The van der Waals surface area contributed by atoms with E-state index in [1.165, 1.54) is 0 Å². The summed E-state index contributed by atoms with van der Waals surface area (Å²) in [6, 6.07) is 7.13. The first kappa shape index (κ1) is 16.5. The number of nitrogens with one attached hydrogen (secondary N) is 1. The molecule has 5 heteroatoms. The van der Waals surface area contributed by atoms with E-state index >= 15 is 0 Å². The number of amides is 1. The molecule has 1 aromatic rings. The van der Waals surface area contributed by atoms with Crippen molar-refractivity contribution in [1.29, 1.82) is 0 Å². The van der Waals surface area contributed by atoms with Gasteiger partial charge in [0.2, 0.25) is 5.91 Å². The second-order valence-electron chi connectivity index (χ2n) is 4.98. The van der Waals surface area contributed by atoms with Crippen molar-refractivity contribution in [3.8, 4) is 5.75 Å². The second-order valence-corrected chi connectivity index (χ2v) is 4.98. The van der Waals surface area contributed by atoms with Crippen LogP contribution in [0.2, 0.25) is 0 Å². The predicted octanol–water partition coefficient (Wildman–Crippen LogP) is 1.31. The molecule has 0 heterocycles. The Kier molecular flexibility index (Phi) is 7.04. The van der Waals surface area contributed by atoms with Crippen LogP contribution in [-0.4, -0.2) is 32.3 Å². The lowest BCUT2D eigenvalue weighted by atomic mass is 10.0. The van der Waals surface area contributed by atoms with Crippen molar-refractivity contribution < 1.29 is 14.3 Å². The molecule has 0 spiro atoms. The van der Waals surface area contributed by atoms with Crippen LogP contribution in [0.15, 0.2) is 24.3 Å². The summed E-state index contributed by atoms with van der Waals surface area (Å²) in [6.45, 7) is 5.35. The molecule has 0 aliphatic carbocycles. The van der Waals surface area contributed by atoms with Crippen molar-refractivity contribution in [3.05, 3.63) is 29.8 Å². The van der Waals surface area contributed by atoms with E-state index in [0.29, 0.717) is 19.8 Å². The average Bonchev–Trinajstić information content (AvgIpc) is 2.44. The lowest BCUT2D eigenvalue weighted by molar-refractivity contribution is -0.123. The van der Waals surface area contributed by atoms with Gasteiger partial charge in [0.05, 0.1) is 12.6 Å². The van der Waals surface area contributed by atoms with Gasteiger partial charge in [-0.05, 0) is 23.6 Å². The number of hydrogen-bond acceptors (Lipinski definition) is 4. The molecule has 0 aliphatic rings. The molecular formula is C15H24N2O3. The topological polar surface area (TPSA) is 73.6 Å².